The number of hydrogen-bond acceptors (Lipinski definition) is 5. The van der Waals surface area contributed by atoms with Gasteiger partial charge < -0.3 is 21.3 Å². The molecule has 3 rings (SSSR count). The summed E-state index contributed by atoms with van der Waals surface area (Å²) in [5, 5.41) is 11.9. The van der Waals surface area contributed by atoms with E-state index in [1.165, 1.54) is 13.1 Å². The number of carbonyl (C=O) groups is 2. The van der Waals surface area contributed by atoms with Gasteiger partial charge in [-0.25, -0.2) is 4.98 Å². The van der Waals surface area contributed by atoms with Crippen LogP contribution in [0.1, 0.15) is 22.8 Å². The lowest BCUT2D eigenvalue weighted by Crippen LogP contribution is -2.20. The molecule has 3 aromatic rings. The molecule has 0 saturated heterocycles. The predicted octanol–water partition coefficient (Wildman–Crippen LogP) is 3.76. The molecule has 4 N–H and O–H groups in total. The molecule has 2 aromatic carbocycles. The van der Waals surface area contributed by atoms with Gasteiger partial charge in [0.2, 0.25) is 5.91 Å². The molecule has 29 heavy (non-hydrogen) atoms. The van der Waals surface area contributed by atoms with Crippen molar-refractivity contribution in [3.63, 3.8) is 0 Å². The Labute approximate surface area is 169 Å². The third-order valence-corrected chi connectivity index (χ3v) is 4.16. The summed E-state index contributed by atoms with van der Waals surface area (Å²) in [7, 11) is 1.59. The van der Waals surface area contributed by atoms with Gasteiger partial charge in [-0.05, 0) is 23.8 Å². The number of amides is 2. The van der Waals surface area contributed by atoms with E-state index >= 15 is 0 Å². The van der Waals surface area contributed by atoms with Gasteiger partial charge in [0, 0.05) is 44.2 Å². The highest BCUT2D eigenvalue weighted by Gasteiger charge is 2.12. The monoisotopic (exact) mass is 389 g/mol. The van der Waals surface area contributed by atoms with Crippen molar-refractivity contribution in [2.24, 2.45) is 0 Å². The van der Waals surface area contributed by atoms with Crippen LogP contribution in [0.3, 0.4) is 0 Å². The molecule has 7 heteroatoms. The number of rotatable bonds is 7. The maximum Gasteiger partial charge on any atom is 0.254 e. The molecule has 0 spiro atoms. The van der Waals surface area contributed by atoms with Crippen LogP contribution < -0.4 is 21.3 Å². The van der Waals surface area contributed by atoms with E-state index in [2.05, 4.69) is 26.3 Å². The zero-order chi connectivity index (χ0) is 20.6. The zero-order valence-corrected chi connectivity index (χ0v) is 16.3. The first-order chi connectivity index (χ1) is 14.0. The van der Waals surface area contributed by atoms with E-state index in [0.29, 0.717) is 29.3 Å². The van der Waals surface area contributed by atoms with Gasteiger partial charge in [0.1, 0.15) is 5.82 Å². The SMILES string of the molecule is CNC(=O)c1cnc(Nc2cccc(NC(C)=O)c2)cc1NCc1ccccc1. The van der Waals surface area contributed by atoms with Gasteiger partial charge in [-0.2, -0.15) is 0 Å². The summed E-state index contributed by atoms with van der Waals surface area (Å²) in [6.45, 7) is 2.04. The van der Waals surface area contributed by atoms with Crippen molar-refractivity contribution in [1.29, 1.82) is 0 Å². The summed E-state index contributed by atoms with van der Waals surface area (Å²) in [5.41, 5.74) is 3.69. The number of aromatic nitrogens is 1. The van der Waals surface area contributed by atoms with E-state index in [4.69, 9.17) is 0 Å². The molecule has 0 unspecified atom stereocenters. The quantitative estimate of drug-likeness (QED) is 0.494. The summed E-state index contributed by atoms with van der Waals surface area (Å²) in [5.74, 6) is 0.225. The number of carbonyl (C=O) groups excluding carboxylic acids is 2. The van der Waals surface area contributed by atoms with Crippen molar-refractivity contribution in [3.05, 3.63) is 78.0 Å². The number of nitrogens with zero attached hydrogens (tertiary/aromatic N) is 1. The lowest BCUT2D eigenvalue weighted by molar-refractivity contribution is -0.114. The van der Waals surface area contributed by atoms with Crippen LogP contribution in [0.25, 0.3) is 0 Å². The maximum atomic E-state index is 12.2. The van der Waals surface area contributed by atoms with E-state index in [1.54, 1.807) is 13.1 Å². The highest BCUT2D eigenvalue weighted by molar-refractivity contribution is 5.99. The minimum absolute atomic E-state index is 0.136. The van der Waals surface area contributed by atoms with Gasteiger partial charge >= 0.3 is 0 Å². The van der Waals surface area contributed by atoms with Crippen LogP contribution in [0, 0.1) is 0 Å². The van der Waals surface area contributed by atoms with E-state index in [-0.39, 0.29) is 11.8 Å². The minimum atomic E-state index is -0.215. The fourth-order valence-electron chi connectivity index (χ4n) is 2.80. The number of pyridine rings is 1. The predicted molar refractivity (Wildman–Crippen MR) is 115 cm³/mol. The van der Waals surface area contributed by atoms with Crippen LogP contribution in [0.15, 0.2) is 66.9 Å². The largest absolute Gasteiger partial charge is 0.380 e. The first-order valence-electron chi connectivity index (χ1n) is 9.20. The molecule has 148 valence electrons. The second-order valence-electron chi connectivity index (χ2n) is 6.42. The Balaban J connectivity index is 1.82. The molecule has 1 aromatic heterocycles. The van der Waals surface area contributed by atoms with Crippen LogP contribution in [0.2, 0.25) is 0 Å². The van der Waals surface area contributed by atoms with Crippen LogP contribution in [-0.2, 0) is 11.3 Å². The highest BCUT2D eigenvalue weighted by Crippen LogP contribution is 2.24. The van der Waals surface area contributed by atoms with Crippen molar-refractivity contribution in [3.8, 4) is 0 Å². The standard InChI is InChI=1S/C22H23N5O2/c1-15(28)26-17-9-6-10-18(11-17)27-21-12-20(19(14-25-21)22(29)23-2)24-13-16-7-4-3-5-8-16/h3-12,14H,13H2,1-2H3,(H,23,29)(H,26,28)(H2,24,25,27). The van der Waals surface area contributed by atoms with Crippen LogP contribution in [-0.4, -0.2) is 23.8 Å². The molecule has 0 radical (unpaired) electrons. The van der Waals surface area contributed by atoms with Crippen molar-refractivity contribution in [2.75, 3.05) is 23.0 Å². The molecule has 0 atom stereocenters. The summed E-state index contributed by atoms with van der Waals surface area (Å²) >= 11 is 0. The molecule has 0 fully saturated rings. The van der Waals surface area contributed by atoms with Crippen LogP contribution in [0.5, 0.6) is 0 Å². The number of nitrogens with one attached hydrogen (secondary N) is 4. The van der Waals surface area contributed by atoms with E-state index in [9.17, 15) is 9.59 Å². The first kappa shape index (κ1) is 19.9. The second-order valence-corrected chi connectivity index (χ2v) is 6.42. The number of benzene rings is 2. The minimum Gasteiger partial charge on any atom is -0.380 e. The average Bonchev–Trinajstić information content (AvgIpc) is 2.72. The van der Waals surface area contributed by atoms with Crippen molar-refractivity contribution in [1.82, 2.24) is 10.3 Å². The Hall–Kier alpha value is -3.87. The summed E-state index contributed by atoms with van der Waals surface area (Å²) in [6, 6.07) is 19.0. The molecular weight excluding hydrogens is 366 g/mol. The number of hydrogen-bond donors (Lipinski definition) is 4. The third kappa shape index (κ3) is 5.55. The molecule has 0 aliphatic rings. The van der Waals surface area contributed by atoms with Crippen molar-refractivity contribution in [2.45, 2.75) is 13.5 Å². The van der Waals surface area contributed by atoms with Gasteiger partial charge in [0.25, 0.3) is 5.91 Å². The fourth-order valence-corrected chi connectivity index (χ4v) is 2.80. The molecular formula is C22H23N5O2. The Morgan fingerprint density at radius 1 is 0.966 bits per heavy atom. The van der Waals surface area contributed by atoms with Gasteiger partial charge in [0.05, 0.1) is 11.3 Å². The summed E-state index contributed by atoms with van der Waals surface area (Å²) in [6.07, 6.45) is 1.53. The lowest BCUT2D eigenvalue weighted by atomic mass is 10.2. The van der Waals surface area contributed by atoms with Gasteiger partial charge in [0.15, 0.2) is 0 Å². The van der Waals surface area contributed by atoms with Crippen LogP contribution in [0.4, 0.5) is 22.9 Å². The second kappa shape index (κ2) is 9.36. The lowest BCUT2D eigenvalue weighted by Gasteiger charge is -2.14. The van der Waals surface area contributed by atoms with E-state index < -0.39 is 0 Å². The van der Waals surface area contributed by atoms with E-state index in [1.807, 2.05) is 54.6 Å². The molecule has 7 nitrogen and oxygen atoms in total. The highest BCUT2D eigenvalue weighted by atomic mass is 16.2. The summed E-state index contributed by atoms with van der Waals surface area (Å²) < 4.78 is 0. The van der Waals surface area contributed by atoms with E-state index in [0.717, 1.165) is 11.3 Å². The molecule has 0 aliphatic heterocycles. The Bertz CT molecular complexity index is 1010. The molecule has 2 amide bonds. The van der Waals surface area contributed by atoms with Crippen LogP contribution >= 0.6 is 0 Å². The smallest absolute Gasteiger partial charge is 0.254 e. The zero-order valence-electron chi connectivity index (χ0n) is 16.3. The van der Waals surface area contributed by atoms with Crippen molar-refractivity contribution >= 4 is 34.7 Å². The topological polar surface area (TPSA) is 95.2 Å². The average molecular weight is 389 g/mol. The Morgan fingerprint density at radius 3 is 2.45 bits per heavy atom. The van der Waals surface area contributed by atoms with Gasteiger partial charge in [-0.3, -0.25) is 9.59 Å². The Kier molecular flexibility index (Phi) is 6.42. The van der Waals surface area contributed by atoms with Gasteiger partial charge in [-0.1, -0.05) is 36.4 Å². The van der Waals surface area contributed by atoms with Gasteiger partial charge in [-0.15, -0.1) is 0 Å². The normalized spacial score (nSPS) is 10.1. The van der Waals surface area contributed by atoms with Crippen molar-refractivity contribution < 1.29 is 9.59 Å². The Morgan fingerprint density at radius 2 is 1.72 bits per heavy atom. The molecule has 0 bridgehead atoms. The third-order valence-electron chi connectivity index (χ3n) is 4.16. The summed E-state index contributed by atoms with van der Waals surface area (Å²) in [4.78, 5) is 27.8. The number of anilines is 4. The first-order valence-corrected chi connectivity index (χ1v) is 9.20. The molecule has 0 saturated carbocycles. The molecule has 1 heterocycles. The molecule has 0 aliphatic carbocycles. The fraction of sp³-hybridized carbons (Fsp3) is 0.136. The maximum absolute atomic E-state index is 12.2.